The molecular weight excluding hydrogens is 396 g/mol. The van der Waals surface area contributed by atoms with Crippen molar-refractivity contribution in [3.05, 3.63) is 53.6 Å². The van der Waals surface area contributed by atoms with Crippen molar-refractivity contribution in [3.8, 4) is 17.1 Å². The molecule has 7 nitrogen and oxygen atoms in total. The minimum Gasteiger partial charge on any atom is -0.497 e. The molecule has 0 saturated carbocycles. The number of aromatic nitrogens is 4. The molecule has 1 aliphatic heterocycles. The van der Waals surface area contributed by atoms with Gasteiger partial charge >= 0.3 is 0 Å². The summed E-state index contributed by atoms with van der Waals surface area (Å²) in [5.41, 5.74) is 2.28. The van der Waals surface area contributed by atoms with E-state index in [0.29, 0.717) is 6.67 Å². The zero-order valence-corrected chi connectivity index (χ0v) is 18.4. The van der Waals surface area contributed by atoms with E-state index in [0.717, 1.165) is 61.1 Å². The van der Waals surface area contributed by atoms with Crippen LogP contribution in [0, 0.1) is 4.77 Å². The minimum absolute atomic E-state index is 0.709. The molecule has 0 atom stereocenters. The van der Waals surface area contributed by atoms with Crippen molar-refractivity contribution in [2.75, 3.05) is 38.2 Å². The predicted molar refractivity (Wildman–Crippen MR) is 121 cm³/mol. The SMILES string of the molecule is CCn1c(-c2ccncc2)nn(CN2CCCN(c3ccc(OC)cc3)CC2)c1=S. The Morgan fingerprint density at radius 3 is 2.47 bits per heavy atom. The Kier molecular flexibility index (Phi) is 6.44. The Labute approximate surface area is 182 Å². The average Bonchev–Trinajstić information content (AvgIpc) is 2.95. The lowest BCUT2D eigenvalue weighted by Gasteiger charge is -2.23. The third kappa shape index (κ3) is 4.39. The molecule has 0 spiro atoms. The van der Waals surface area contributed by atoms with Crippen LogP contribution in [0.2, 0.25) is 0 Å². The predicted octanol–water partition coefficient (Wildman–Crippen LogP) is 3.67. The third-order valence-corrected chi connectivity index (χ3v) is 5.97. The van der Waals surface area contributed by atoms with Crippen molar-refractivity contribution >= 4 is 17.9 Å². The lowest BCUT2D eigenvalue weighted by Crippen LogP contribution is -2.32. The molecule has 2 aromatic heterocycles. The van der Waals surface area contributed by atoms with Crippen molar-refractivity contribution in [1.82, 2.24) is 24.2 Å². The van der Waals surface area contributed by atoms with E-state index >= 15 is 0 Å². The van der Waals surface area contributed by atoms with Crippen LogP contribution in [0.4, 0.5) is 5.69 Å². The average molecular weight is 425 g/mol. The summed E-state index contributed by atoms with van der Waals surface area (Å²) >= 11 is 5.74. The van der Waals surface area contributed by atoms with Crippen LogP contribution in [0.5, 0.6) is 5.75 Å². The fourth-order valence-corrected chi connectivity index (χ4v) is 4.20. The van der Waals surface area contributed by atoms with E-state index in [1.54, 1.807) is 19.5 Å². The first-order valence-electron chi connectivity index (χ1n) is 10.4. The standard InChI is InChI=1S/C22H28N6OS/c1-3-27-21(18-9-11-23-12-10-18)24-28(22(27)30)17-25-13-4-14-26(16-15-25)19-5-7-20(29-2)8-6-19/h5-12H,3-4,13-17H2,1-2H3. The highest BCUT2D eigenvalue weighted by Crippen LogP contribution is 2.21. The van der Waals surface area contributed by atoms with Crippen molar-refractivity contribution < 1.29 is 4.74 Å². The number of benzene rings is 1. The van der Waals surface area contributed by atoms with Crippen molar-refractivity contribution in [2.45, 2.75) is 26.6 Å². The van der Waals surface area contributed by atoms with Gasteiger partial charge in [0.1, 0.15) is 5.75 Å². The summed E-state index contributed by atoms with van der Waals surface area (Å²) in [5.74, 6) is 1.79. The maximum Gasteiger partial charge on any atom is 0.199 e. The van der Waals surface area contributed by atoms with Gasteiger partial charge in [-0.15, -0.1) is 0 Å². The van der Waals surface area contributed by atoms with E-state index in [1.165, 1.54) is 5.69 Å². The molecule has 1 saturated heterocycles. The van der Waals surface area contributed by atoms with Gasteiger partial charge in [-0.1, -0.05) is 0 Å². The second-order valence-electron chi connectivity index (χ2n) is 7.38. The number of pyridine rings is 1. The molecule has 0 amide bonds. The molecule has 0 N–H and O–H groups in total. The second kappa shape index (κ2) is 9.40. The molecular formula is C22H28N6OS. The third-order valence-electron chi connectivity index (χ3n) is 5.54. The highest BCUT2D eigenvalue weighted by atomic mass is 32.1. The Balaban J connectivity index is 1.47. The van der Waals surface area contributed by atoms with Crippen molar-refractivity contribution in [3.63, 3.8) is 0 Å². The molecule has 0 unspecified atom stereocenters. The first kappa shape index (κ1) is 20.6. The van der Waals surface area contributed by atoms with E-state index in [1.807, 2.05) is 28.9 Å². The molecule has 0 aliphatic carbocycles. The fraction of sp³-hybridized carbons (Fsp3) is 0.409. The summed E-state index contributed by atoms with van der Waals surface area (Å²) in [4.78, 5) is 8.98. The summed E-state index contributed by atoms with van der Waals surface area (Å²) < 4.78 is 10.1. The van der Waals surface area contributed by atoms with Crippen LogP contribution in [0.3, 0.4) is 0 Å². The fourth-order valence-electron chi connectivity index (χ4n) is 3.89. The topological polar surface area (TPSA) is 51.4 Å². The highest BCUT2D eigenvalue weighted by molar-refractivity contribution is 7.71. The monoisotopic (exact) mass is 424 g/mol. The molecule has 3 aromatic rings. The number of hydrogen-bond acceptors (Lipinski definition) is 6. The van der Waals surface area contributed by atoms with Gasteiger partial charge in [0.25, 0.3) is 0 Å². The summed E-state index contributed by atoms with van der Waals surface area (Å²) in [6.45, 7) is 7.62. The van der Waals surface area contributed by atoms with Crippen LogP contribution in [0.25, 0.3) is 11.4 Å². The molecule has 1 aromatic carbocycles. The highest BCUT2D eigenvalue weighted by Gasteiger charge is 2.18. The van der Waals surface area contributed by atoms with Gasteiger partial charge in [-0.2, -0.15) is 5.10 Å². The van der Waals surface area contributed by atoms with Gasteiger partial charge in [-0.25, -0.2) is 4.68 Å². The zero-order chi connectivity index (χ0) is 20.9. The maximum absolute atomic E-state index is 5.74. The molecule has 8 heteroatoms. The number of anilines is 1. The van der Waals surface area contributed by atoms with E-state index in [9.17, 15) is 0 Å². The van der Waals surface area contributed by atoms with Gasteiger partial charge in [-0.3, -0.25) is 9.88 Å². The molecule has 30 heavy (non-hydrogen) atoms. The summed E-state index contributed by atoms with van der Waals surface area (Å²) in [5, 5.41) is 4.85. The summed E-state index contributed by atoms with van der Waals surface area (Å²) in [6, 6.07) is 12.3. The van der Waals surface area contributed by atoms with Gasteiger partial charge in [0, 0.05) is 56.4 Å². The Morgan fingerprint density at radius 2 is 1.77 bits per heavy atom. The Morgan fingerprint density at radius 1 is 1.00 bits per heavy atom. The number of methoxy groups -OCH3 is 1. The van der Waals surface area contributed by atoms with Crippen LogP contribution in [-0.2, 0) is 13.2 Å². The van der Waals surface area contributed by atoms with Crippen LogP contribution in [-0.4, -0.2) is 57.5 Å². The van der Waals surface area contributed by atoms with Crippen molar-refractivity contribution in [2.24, 2.45) is 0 Å². The lowest BCUT2D eigenvalue weighted by atomic mass is 10.2. The van der Waals surface area contributed by atoms with Crippen molar-refractivity contribution in [1.29, 1.82) is 0 Å². The van der Waals surface area contributed by atoms with Gasteiger partial charge in [-0.05, 0) is 62.0 Å². The first-order chi connectivity index (χ1) is 14.7. The minimum atomic E-state index is 0.709. The molecule has 1 fully saturated rings. The molecule has 3 heterocycles. The lowest BCUT2D eigenvalue weighted by molar-refractivity contribution is 0.219. The maximum atomic E-state index is 5.74. The number of hydrogen-bond donors (Lipinski definition) is 0. The number of rotatable bonds is 6. The van der Waals surface area contributed by atoms with Crippen LogP contribution in [0.1, 0.15) is 13.3 Å². The Bertz CT molecular complexity index is 1010. The Hall–Kier alpha value is -2.71. The quantitative estimate of drug-likeness (QED) is 0.563. The van der Waals surface area contributed by atoms with E-state index in [2.05, 4.69) is 38.4 Å². The summed E-state index contributed by atoms with van der Waals surface area (Å²) in [6.07, 6.45) is 4.69. The van der Waals surface area contributed by atoms with Crippen LogP contribution in [0.15, 0.2) is 48.8 Å². The number of nitrogens with zero attached hydrogens (tertiary/aromatic N) is 6. The van der Waals surface area contributed by atoms with Crippen LogP contribution >= 0.6 is 12.2 Å². The molecule has 0 bridgehead atoms. The molecule has 0 radical (unpaired) electrons. The van der Waals surface area contributed by atoms with Gasteiger partial charge < -0.3 is 14.2 Å². The van der Waals surface area contributed by atoms with Gasteiger partial charge in [0.2, 0.25) is 0 Å². The van der Waals surface area contributed by atoms with Gasteiger partial charge in [0.05, 0.1) is 13.8 Å². The summed E-state index contributed by atoms with van der Waals surface area (Å²) in [7, 11) is 1.70. The smallest absolute Gasteiger partial charge is 0.199 e. The zero-order valence-electron chi connectivity index (χ0n) is 17.6. The molecule has 1 aliphatic rings. The molecule has 158 valence electrons. The number of ether oxygens (including phenoxy) is 1. The largest absolute Gasteiger partial charge is 0.497 e. The van der Waals surface area contributed by atoms with Gasteiger partial charge in [0.15, 0.2) is 10.6 Å². The van der Waals surface area contributed by atoms with Crippen LogP contribution < -0.4 is 9.64 Å². The van der Waals surface area contributed by atoms with E-state index < -0.39 is 0 Å². The normalized spacial score (nSPS) is 15.2. The van der Waals surface area contributed by atoms with E-state index in [-0.39, 0.29) is 0 Å². The second-order valence-corrected chi connectivity index (χ2v) is 7.75. The molecule has 4 rings (SSSR count). The first-order valence-corrected chi connectivity index (χ1v) is 10.8. The van der Waals surface area contributed by atoms with E-state index in [4.69, 9.17) is 22.1 Å².